The van der Waals surface area contributed by atoms with Gasteiger partial charge in [-0.3, -0.25) is 0 Å². The predicted octanol–water partition coefficient (Wildman–Crippen LogP) is 7.21. The summed E-state index contributed by atoms with van der Waals surface area (Å²) in [4.78, 5) is -0.675. The Kier molecular flexibility index (Phi) is 10.0. The molecule has 0 aliphatic heterocycles. The molecule has 3 aliphatic rings. The summed E-state index contributed by atoms with van der Waals surface area (Å²) in [5.41, 5.74) is -0.995. The second kappa shape index (κ2) is 12.3. The van der Waals surface area contributed by atoms with Crippen molar-refractivity contribution in [1.82, 2.24) is 0 Å². The first-order chi connectivity index (χ1) is 15.7. The fraction of sp³-hybridized carbons (Fsp3) is 0.760. The third-order valence-corrected chi connectivity index (χ3v) is 11.9. The first-order valence-electron chi connectivity index (χ1n) is 12.5. The van der Waals surface area contributed by atoms with Crippen LogP contribution in [0.25, 0.3) is 0 Å². The van der Waals surface area contributed by atoms with Crippen LogP contribution in [0.2, 0.25) is 0 Å². The Morgan fingerprint density at radius 3 is 1.27 bits per heavy atom. The second-order valence-corrected chi connectivity index (χ2v) is 13.9. The van der Waals surface area contributed by atoms with E-state index in [4.69, 9.17) is 0 Å². The van der Waals surface area contributed by atoms with Crippen LogP contribution in [-0.4, -0.2) is 28.7 Å². The maximum absolute atomic E-state index is 12.0. The number of halogens is 3. The zero-order chi connectivity index (χ0) is 23.9. The average Bonchev–Trinajstić information content (AvgIpc) is 2.81. The van der Waals surface area contributed by atoms with Gasteiger partial charge in [0.1, 0.15) is 25.9 Å². The zero-order valence-electron chi connectivity index (χ0n) is 19.3. The van der Waals surface area contributed by atoms with Gasteiger partial charge in [0.05, 0.1) is 10.5 Å². The predicted molar refractivity (Wildman–Crippen MR) is 127 cm³/mol. The maximum Gasteiger partial charge on any atom is 0.416 e. The van der Waals surface area contributed by atoms with Crippen molar-refractivity contribution in [1.29, 1.82) is 0 Å². The molecule has 4 rings (SSSR count). The third-order valence-electron chi connectivity index (χ3n) is 7.28. The Hall–Kier alpha value is -0.730. The van der Waals surface area contributed by atoms with Crippen molar-refractivity contribution in [3.63, 3.8) is 0 Å². The Balaban J connectivity index is 0.000000196. The molecule has 8 heteroatoms. The number of rotatable bonds is 4. The van der Waals surface area contributed by atoms with Gasteiger partial charge in [0, 0.05) is 0 Å². The lowest BCUT2D eigenvalue weighted by Crippen LogP contribution is -2.43. The summed E-state index contributed by atoms with van der Waals surface area (Å²) in [6.07, 6.45) is 18.9. The lowest BCUT2D eigenvalue weighted by molar-refractivity contribution is -0.137. The molecular weight excluding hydrogens is 469 g/mol. The van der Waals surface area contributed by atoms with Crippen LogP contribution in [0.3, 0.4) is 0 Å². The van der Waals surface area contributed by atoms with E-state index in [1.54, 1.807) is 77.0 Å². The summed E-state index contributed by atoms with van der Waals surface area (Å²) >= 11 is 0. The first kappa shape index (κ1) is 26.9. The quantitative estimate of drug-likeness (QED) is 0.320. The van der Waals surface area contributed by atoms with Crippen LogP contribution in [0.4, 0.5) is 13.2 Å². The molecule has 3 aliphatic carbocycles. The summed E-state index contributed by atoms with van der Waals surface area (Å²) < 4.78 is 67.0. The molecule has 0 atom stereocenters. The number of benzene rings is 1. The Bertz CT molecular complexity index is 764. The minimum atomic E-state index is -4.68. The third kappa shape index (κ3) is 8.17. The number of hydrogen-bond donors (Lipinski definition) is 0. The minimum Gasteiger partial charge on any atom is -0.744 e. The molecule has 33 heavy (non-hydrogen) atoms. The van der Waals surface area contributed by atoms with Crippen LogP contribution in [0.15, 0.2) is 29.2 Å². The highest BCUT2D eigenvalue weighted by Crippen LogP contribution is 2.40. The lowest BCUT2D eigenvalue weighted by Gasteiger charge is -2.36. The van der Waals surface area contributed by atoms with Crippen LogP contribution in [0.5, 0.6) is 0 Å². The van der Waals surface area contributed by atoms with Gasteiger partial charge in [-0.25, -0.2) is 8.42 Å². The topological polar surface area (TPSA) is 57.2 Å². The normalized spacial score (nSPS) is 22.1. The smallest absolute Gasteiger partial charge is 0.416 e. The molecular formula is C25H37F3O3S2. The molecule has 0 heterocycles. The summed E-state index contributed by atoms with van der Waals surface area (Å²) in [7, 11) is -3.87. The first-order valence-corrected chi connectivity index (χ1v) is 15.3. The van der Waals surface area contributed by atoms with E-state index >= 15 is 0 Å². The van der Waals surface area contributed by atoms with Crippen molar-refractivity contribution >= 4 is 21.0 Å². The van der Waals surface area contributed by atoms with Crippen molar-refractivity contribution in [3.8, 4) is 0 Å². The number of alkyl halides is 3. The highest BCUT2D eigenvalue weighted by Gasteiger charge is 2.45. The maximum atomic E-state index is 12.0. The Morgan fingerprint density at radius 1 is 0.667 bits per heavy atom. The Morgan fingerprint density at radius 2 is 1.00 bits per heavy atom. The van der Waals surface area contributed by atoms with Crippen LogP contribution < -0.4 is 0 Å². The Labute approximate surface area is 200 Å². The van der Waals surface area contributed by atoms with Crippen LogP contribution in [-0.2, 0) is 27.2 Å². The van der Waals surface area contributed by atoms with Gasteiger partial charge in [0.2, 0.25) is 0 Å². The van der Waals surface area contributed by atoms with Gasteiger partial charge in [0.25, 0.3) is 0 Å². The largest absolute Gasteiger partial charge is 0.744 e. The minimum absolute atomic E-state index is 0.546. The number of hydrogen-bond acceptors (Lipinski definition) is 3. The van der Waals surface area contributed by atoms with E-state index in [1.165, 1.54) is 19.3 Å². The van der Waals surface area contributed by atoms with Gasteiger partial charge in [0.15, 0.2) is 0 Å². The monoisotopic (exact) mass is 506 g/mol. The van der Waals surface area contributed by atoms with Crippen molar-refractivity contribution in [3.05, 3.63) is 29.8 Å². The standard InChI is InChI=1S/C18H33S.C7H5F3O3S/c1-4-10-16(11-5-1)19(17-12-6-2-7-13-17)18-14-8-3-9-15-18;8-7(9,10)5-1-3-6(4-2-5)14(11,12)13/h16-18H,1-15H2;1-4H,(H,11,12,13)/q+1;/p-1. The summed E-state index contributed by atoms with van der Waals surface area (Å²) in [5.74, 6) is 0. The van der Waals surface area contributed by atoms with Gasteiger partial charge < -0.3 is 4.55 Å². The lowest BCUT2D eigenvalue weighted by atomic mass is 9.99. The van der Waals surface area contributed by atoms with Crippen molar-refractivity contribution in [2.24, 2.45) is 0 Å². The molecule has 0 radical (unpaired) electrons. The van der Waals surface area contributed by atoms with E-state index < -0.39 is 26.8 Å². The van der Waals surface area contributed by atoms with E-state index in [-0.39, 0.29) is 0 Å². The van der Waals surface area contributed by atoms with Crippen molar-refractivity contribution in [2.75, 3.05) is 0 Å². The molecule has 0 unspecified atom stereocenters. The van der Waals surface area contributed by atoms with Gasteiger partial charge in [-0.05, 0) is 112 Å². The van der Waals surface area contributed by atoms with E-state index in [0.717, 1.165) is 26.6 Å². The fourth-order valence-electron chi connectivity index (χ4n) is 5.64. The van der Waals surface area contributed by atoms with Gasteiger partial charge in [-0.2, -0.15) is 13.2 Å². The molecule has 0 amide bonds. The molecule has 3 nitrogen and oxygen atoms in total. The molecule has 0 aromatic heterocycles. The SMILES string of the molecule is C1CCC([S+](C2CCCCC2)C2CCCCC2)CC1.O=S(=O)([O-])c1ccc(C(F)(F)F)cc1. The van der Waals surface area contributed by atoms with Crippen LogP contribution in [0, 0.1) is 0 Å². The summed E-state index contributed by atoms with van der Waals surface area (Å²) in [6.45, 7) is 0. The van der Waals surface area contributed by atoms with E-state index in [1.807, 2.05) is 0 Å². The molecule has 1 aromatic rings. The zero-order valence-corrected chi connectivity index (χ0v) is 21.0. The molecule has 0 spiro atoms. The summed E-state index contributed by atoms with van der Waals surface area (Å²) in [6, 6.07) is 2.35. The highest BCUT2D eigenvalue weighted by molar-refractivity contribution is 7.98. The molecule has 0 N–H and O–H groups in total. The highest BCUT2D eigenvalue weighted by atomic mass is 32.2. The van der Waals surface area contributed by atoms with Crippen LogP contribution in [0.1, 0.15) is 102 Å². The van der Waals surface area contributed by atoms with E-state index in [0.29, 0.717) is 24.3 Å². The van der Waals surface area contributed by atoms with E-state index in [9.17, 15) is 26.1 Å². The van der Waals surface area contributed by atoms with Crippen molar-refractivity contribution < 1.29 is 26.1 Å². The van der Waals surface area contributed by atoms with E-state index in [2.05, 4.69) is 0 Å². The fourth-order valence-corrected chi connectivity index (χ4v) is 10.4. The van der Waals surface area contributed by atoms with Crippen molar-refractivity contribution in [2.45, 2.75) is 123 Å². The average molecular weight is 507 g/mol. The van der Waals surface area contributed by atoms with Gasteiger partial charge in [-0.15, -0.1) is 0 Å². The van der Waals surface area contributed by atoms with Crippen LogP contribution >= 0.6 is 0 Å². The molecule has 0 bridgehead atoms. The molecule has 1 aromatic carbocycles. The summed E-state index contributed by atoms with van der Waals surface area (Å²) in [5, 5.41) is 3.46. The molecule has 0 saturated heterocycles. The van der Waals surface area contributed by atoms with Gasteiger partial charge >= 0.3 is 6.18 Å². The molecule has 3 fully saturated rings. The second-order valence-electron chi connectivity index (χ2n) is 9.66. The van der Waals surface area contributed by atoms with Gasteiger partial charge in [-0.1, -0.05) is 19.3 Å². The molecule has 188 valence electrons. The molecule has 3 saturated carbocycles.